The molecular weight excluding hydrogens is 300 g/mol. The minimum Gasteiger partial charge on any atom is -0.450 e. The van der Waals surface area contributed by atoms with Crippen LogP contribution in [-0.4, -0.2) is 17.9 Å². The van der Waals surface area contributed by atoms with Crippen LogP contribution in [0.15, 0.2) is 40.6 Å². The number of para-hydroxylation sites is 1. The number of Topliss-reactive ketones (excluding diaryl/α,β-unsaturated/α-hetero) is 1. The molecule has 2 rings (SSSR count). The lowest BCUT2D eigenvalue weighted by molar-refractivity contribution is -0.142. The van der Waals surface area contributed by atoms with Gasteiger partial charge in [0.25, 0.3) is 0 Å². The highest BCUT2D eigenvalue weighted by atomic mass is 79.9. The molecule has 0 fully saturated rings. The molecular formula is C13H11BrO4. The standard InChI is InChI=1S/C13H11BrO4/c1-8(15)7-10-11(14)12(13(16)18-10)17-9-5-3-2-4-6-9/h2-6,10H,7H2,1H3/t10-/m1/s1. The average Bonchev–Trinajstić information content (AvgIpc) is 2.58. The summed E-state index contributed by atoms with van der Waals surface area (Å²) in [7, 11) is 0. The van der Waals surface area contributed by atoms with Gasteiger partial charge >= 0.3 is 5.97 Å². The minimum atomic E-state index is -0.575. The SMILES string of the molecule is CC(=O)C[C@H]1OC(=O)C(Oc2ccccc2)=C1Br. The number of cyclic esters (lactones) is 1. The lowest BCUT2D eigenvalue weighted by Gasteiger charge is -2.06. The van der Waals surface area contributed by atoms with Gasteiger partial charge < -0.3 is 9.47 Å². The zero-order valence-electron chi connectivity index (χ0n) is 9.68. The molecule has 0 spiro atoms. The predicted molar refractivity (Wildman–Crippen MR) is 68.2 cm³/mol. The molecule has 1 aromatic carbocycles. The fourth-order valence-electron chi connectivity index (χ4n) is 1.57. The van der Waals surface area contributed by atoms with Crippen LogP contribution in [0, 0.1) is 0 Å². The van der Waals surface area contributed by atoms with Gasteiger partial charge in [-0.2, -0.15) is 0 Å². The molecule has 1 aromatic rings. The summed E-state index contributed by atoms with van der Waals surface area (Å²) in [5, 5.41) is 0. The number of benzene rings is 1. The Balaban J connectivity index is 2.18. The first-order valence-electron chi connectivity index (χ1n) is 5.41. The summed E-state index contributed by atoms with van der Waals surface area (Å²) in [6.07, 6.45) is -0.428. The summed E-state index contributed by atoms with van der Waals surface area (Å²) in [4.78, 5) is 22.7. The van der Waals surface area contributed by atoms with E-state index in [1.165, 1.54) is 6.92 Å². The molecule has 0 bridgehead atoms. The van der Waals surface area contributed by atoms with E-state index >= 15 is 0 Å². The molecule has 1 atom stereocenters. The van der Waals surface area contributed by atoms with E-state index in [0.29, 0.717) is 10.2 Å². The van der Waals surface area contributed by atoms with Crippen molar-refractivity contribution in [3.8, 4) is 5.75 Å². The van der Waals surface area contributed by atoms with Gasteiger partial charge in [0, 0.05) is 6.42 Å². The third-order valence-electron chi connectivity index (χ3n) is 2.37. The molecule has 0 saturated heterocycles. The van der Waals surface area contributed by atoms with Crippen molar-refractivity contribution in [2.24, 2.45) is 0 Å². The first-order valence-corrected chi connectivity index (χ1v) is 6.20. The molecule has 0 aromatic heterocycles. The van der Waals surface area contributed by atoms with Crippen LogP contribution in [0.2, 0.25) is 0 Å². The Kier molecular flexibility index (Phi) is 3.81. The second-order valence-electron chi connectivity index (χ2n) is 3.89. The van der Waals surface area contributed by atoms with Crippen molar-refractivity contribution < 1.29 is 19.1 Å². The van der Waals surface area contributed by atoms with E-state index in [-0.39, 0.29) is 18.0 Å². The number of carbonyl (C=O) groups is 2. The summed E-state index contributed by atoms with van der Waals surface area (Å²) in [6.45, 7) is 1.45. The van der Waals surface area contributed by atoms with E-state index in [2.05, 4.69) is 15.9 Å². The zero-order chi connectivity index (χ0) is 13.1. The summed E-state index contributed by atoms with van der Waals surface area (Å²) in [5.74, 6) is 0.0417. The van der Waals surface area contributed by atoms with Crippen LogP contribution in [0.3, 0.4) is 0 Å². The number of ether oxygens (including phenoxy) is 2. The molecule has 5 heteroatoms. The molecule has 0 amide bonds. The highest BCUT2D eigenvalue weighted by Crippen LogP contribution is 2.31. The Morgan fingerprint density at radius 1 is 1.39 bits per heavy atom. The van der Waals surface area contributed by atoms with Crippen LogP contribution >= 0.6 is 15.9 Å². The van der Waals surface area contributed by atoms with Crippen molar-refractivity contribution in [1.82, 2.24) is 0 Å². The zero-order valence-corrected chi connectivity index (χ0v) is 11.3. The molecule has 0 radical (unpaired) electrons. The number of halogens is 1. The topological polar surface area (TPSA) is 52.6 Å². The second-order valence-corrected chi connectivity index (χ2v) is 4.75. The molecule has 18 heavy (non-hydrogen) atoms. The van der Waals surface area contributed by atoms with Gasteiger partial charge in [-0.25, -0.2) is 4.79 Å². The molecule has 0 N–H and O–H groups in total. The van der Waals surface area contributed by atoms with E-state index in [1.54, 1.807) is 24.3 Å². The number of carbonyl (C=O) groups excluding carboxylic acids is 2. The quantitative estimate of drug-likeness (QED) is 0.802. The van der Waals surface area contributed by atoms with Crippen molar-refractivity contribution in [2.45, 2.75) is 19.4 Å². The van der Waals surface area contributed by atoms with Crippen LogP contribution < -0.4 is 4.74 Å². The van der Waals surface area contributed by atoms with Gasteiger partial charge in [-0.15, -0.1) is 0 Å². The first-order chi connectivity index (χ1) is 8.58. The predicted octanol–water partition coefficient (Wildman–Crippen LogP) is 2.58. The Morgan fingerprint density at radius 2 is 2.06 bits per heavy atom. The van der Waals surface area contributed by atoms with Crippen LogP contribution in [-0.2, 0) is 14.3 Å². The highest BCUT2D eigenvalue weighted by molar-refractivity contribution is 9.11. The highest BCUT2D eigenvalue weighted by Gasteiger charge is 2.35. The lowest BCUT2D eigenvalue weighted by atomic mass is 10.2. The summed E-state index contributed by atoms with van der Waals surface area (Å²) in [5.41, 5.74) is 0. The van der Waals surface area contributed by atoms with E-state index < -0.39 is 12.1 Å². The molecule has 0 aliphatic carbocycles. The van der Waals surface area contributed by atoms with Crippen LogP contribution in [0.5, 0.6) is 5.75 Å². The third-order valence-corrected chi connectivity index (χ3v) is 3.24. The maximum atomic E-state index is 11.6. The van der Waals surface area contributed by atoms with Crippen molar-refractivity contribution in [3.63, 3.8) is 0 Å². The maximum absolute atomic E-state index is 11.6. The van der Waals surface area contributed by atoms with E-state index in [0.717, 1.165) is 0 Å². The Hall–Kier alpha value is -1.62. The van der Waals surface area contributed by atoms with Crippen molar-refractivity contribution in [2.75, 3.05) is 0 Å². The van der Waals surface area contributed by atoms with Crippen LogP contribution in [0.4, 0.5) is 0 Å². The number of ketones is 1. The largest absolute Gasteiger partial charge is 0.450 e. The summed E-state index contributed by atoms with van der Waals surface area (Å²) >= 11 is 3.25. The van der Waals surface area contributed by atoms with Crippen molar-refractivity contribution in [1.29, 1.82) is 0 Å². The molecule has 94 valence electrons. The molecule has 0 saturated carbocycles. The number of rotatable bonds is 4. The third kappa shape index (κ3) is 2.79. The molecule has 1 aliphatic rings. The Morgan fingerprint density at radius 3 is 2.67 bits per heavy atom. The number of hydrogen-bond acceptors (Lipinski definition) is 4. The lowest BCUT2D eigenvalue weighted by Crippen LogP contribution is -2.13. The average molecular weight is 311 g/mol. The van der Waals surface area contributed by atoms with E-state index in [1.807, 2.05) is 6.07 Å². The van der Waals surface area contributed by atoms with Gasteiger partial charge in [0.2, 0.25) is 5.76 Å². The minimum absolute atomic E-state index is 0.0503. The van der Waals surface area contributed by atoms with Gasteiger partial charge in [-0.1, -0.05) is 18.2 Å². The van der Waals surface area contributed by atoms with E-state index in [9.17, 15) is 9.59 Å². The second kappa shape index (κ2) is 5.35. The Bertz CT molecular complexity index is 507. The smallest absolute Gasteiger partial charge is 0.375 e. The first kappa shape index (κ1) is 12.8. The van der Waals surface area contributed by atoms with Gasteiger partial charge in [-0.05, 0) is 35.0 Å². The fraction of sp³-hybridized carbons (Fsp3) is 0.231. The number of esters is 1. The molecule has 1 heterocycles. The summed E-state index contributed by atoms with van der Waals surface area (Å²) in [6, 6.07) is 8.92. The van der Waals surface area contributed by atoms with Crippen molar-refractivity contribution in [3.05, 3.63) is 40.6 Å². The molecule has 1 aliphatic heterocycles. The summed E-state index contributed by atoms with van der Waals surface area (Å²) < 4.78 is 11.0. The Labute approximate surface area is 113 Å². The molecule has 0 unspecified atom stereocenters. The maximum Gasteiger partial charge on any atom is 0.375 e. The van der Waals surface area contributed by atoms with Crippen LogP contribution in [0.25, 0.3) is 0 Å². The normalized spacial score (nSPS) is 18.8. The molecule has 4 nitrogen and oxygen atoms in total. The van der Waals surface area contributed by atoms with E-state index in [4.69, 9.17) is 9.47 Å². The van der Waals surface area contributed by atoms with Crippen molar-refractivity contribution >= 4 is 27.7 Å². The van der Waals surface area contributed by atoms with Gasteiger partial charge in [0.05, 0.1) is 4.48 Å². The van der Waals surface area contributed by atoms with Gasteiger partial charge in [-0.3, -0.25) is 4.79 Å². The van der Waals surface area contributed by atoms with Crippen LogP contribution in [0.1, 0.15) is 13.3 Å². The monoisotopic (exact) mass is 310 g/mol. The van der Waals surface area contributed by atoms with Gasteiger partial charge in [0.15, 0.2) is 0 Å². The number of hydrogen-bond donors (Lipinski definition) is 0. The fourth-order valence-corrected chi connectivity index (χ4v) is 2.07. The van der Waals surface area contributed by atoms with Gasteiger partial charge in [0.1, 0.15) is 17.6 Å².